The smallest absolute Gasteiger partial charge is 0.407 e. The summed E-state index contributed by atoms with van der Waals surface area (Å²) in [6, 6.07) is 0. The van der Waals surface area contributed by atoms with Crippen molar-refractivity contribution in [2.24, 2.45) is 11.3 Å². The number of hydrogen-bond donors (Lipinski definition) is 2. The summed E-state index contributed by atoms with van der Waals surface area (Å²) < 4.78 is 10.6. The van der Waals surface area contributed by atoms with Crippen molar-refractivity contribution in [2.45, 2.75) is 52.6 Å². The van der Waals surface area contributed by atoms with E-state index in [2.05, 4.69) is 5.32 Å². The van der Waals surface area contributed by atoms with Gasteiger partial charge in [0.15, 0.2) is 0 Å². The van der Waals surface area contributed by atoms with Crippen LogP contribution in [0.4, 0.5) is 4.79 Å². The molecule has 0 aromatic rings. The van der Waals surface area contributed by atoms with Gasteiger partial charge in [0.2, 0.25) is 0 Å². The van der Waals surface area contributed by atoms with E-state index < -0.39 is 11.7 Å². The molecule has 0 bridgehead atoms. The van der Waals surface area contributed by atoms with Crippen LogP contribution in [0.3, 0.4) is 0 Å². The fraction of sp³-hybridized carbons (Fsp3) is 0.933. The van der Waals surface area contributed by atoms with E-state index in [1.165, 1.54) is 0 Å². The van der Waals surface area contributed by atoms with Crippen molar-refractivity contribution in [1.82, 2.24) is 5.32 Å². The Morgan fingerprint density at radius 3 is 2.40 bits per heavy atom. The highest BCUT2D eigenvalue weighted by Gasteiger charge is 2.30. The van der Waals surface area contributed by atoms with Crippen LogP contribution in [0.2, 0.25) is 0 Å². The predicted molar refractivity (Wildman–Crippen MR) is 77.6 cm³/mol. The molecule has 118 valence electrons. The van der Waals surface area contributed by atoms with E-state index in [4.69, 9.17) is 9.47 Å². The summed E-state index contributed by atoms with van der Waals surface area (Å²) in [5.41, 5.74) is -0.806. The topological polar surface area (TPSA) is 67.8 Å². The van der Waals surface area contributed by atoms with Gasteiger partial charge in [0, 0.05) is 25.2 Å². The SMILES string of the molecule is CC(CO)(CNC(=O)OC(C)(C)C)CC1CCOCC1. The minimum atomic E-state index is -0.500. The molecule has 1 fully saturated rings. The largest absolute Gasteiger partial charge is 0.444 e. The fourth-order valence-corrected chi connectivity index (χ4v) is 2.44. The Bertz CT molecular complexity index is 307. The molecule has 0 aromatic carbocycles. The van der Waals surface area contributed by atoms with Crippen molar-refractivity contribution in [3.63, 3.8) is 0 Å². The Morgan fingerprint density at radius 1 is 1.30 bits per heavy atom. The Morgan fingerprint density at radius 2 is 1.90 bits per heavy atom. The molecule has 5 nitrogen and oxygen atoms in total. The first-order chi connectivity index (χ1) is 9.24. The van der Waals surface area contributed by atoms with Crippen LogP contribution in [0.5, 0.6) is 0 Å². The van der Waals surface area contributed by atoms with Crippen molar-refractivity contribution in [3.05, 3.63) is 0 Å². The number of amides is 1. The summed E-state index contributed by atoms with van der Waals surface area (Å²) in [5, 5.41) is 12.4. The minimum Gasteiger partial charge on any atom is -0.444 e. The number of aliphatic hydroxyl groups is 1. The lowest BCUT2D eigenvalue weighted by Crippen LogP contribution is -2.42. The molecule has 0 saturated carbocycles. The highest BCUT2D eigenvalue weighted by molar-refractivity contribution is 5.67. The predicted octanol–water partition coefficient (Wildman–Crippen LogP) is 2.33. The Balaban J connectivity index is 2.41. The van der Waals surface area contributed by atoms with E-state index in [-0.39, 0.29) is 12.0 Å². The van der Waals surface area contributed by atoms with Gasteiger partial charge < -0.3 is 19.9 Å². The zero-order chi connectivity index (χ0) is 15.2. The lowest BCUT2D eigenvalue weighted by Gasteiger charge is -2.33. The minimum absolute atomic E-state index is 0.0557. The number of aliphatic hydroxyl groups excluding tert-OH is 1. The van der Waals surface area contributed by atoms with Gasteiger partial charge in [-0.1, -0.05) is 6.92 Å². The maximum absolute atomic E-state index is 11.7. The Kier molecular flexibility index (Phi) is 6.27. The summed E-state index contributed by atoms with van der Waals surface area (Å²) in [4.78, 5) is 11.7. The first kappa shape index (κ1) is 17.2. The van der Waals surface area contributed by atoms with Gasteiger partial charge >= 0.3 is 6.09 Å². The van der Waals surface area contributed by atoms with Crippen LogP contribution < -0.4 is 5.32 Å². The van der Waals surface area contributed by atoms with E-state index in [0.717, 1.165) is 32.5 Å². The maximum atomic E-state index is 11.7. The summed E-state index contributed by atoms with van der Waals surface area (Å²) in [6.45, 7) is 9.58. The normalized spacial score (nSPS) is 20.2. The molecule has 1 heterocycles. The second kappa shape index (κ2) is 7.27. The monoisotopic (exact) mass is 287 g/mol. The van der Waals surface area contributed by atoms with Crippen LogP contribution >= 0.6 is 0 Å². The number of carbonyl (C=O) groups excluding carboxylic acids is 1. The average Bonchev–Trinajstić information content (AvgIpc) is 2.36. The summed E-state index contributed by atoms with van der Waals surface area (Å²) in [6.07, 6.45) is 2.52. The van der Waals surface area contributed by atoms with Crippen molar-refractivity contribution in [1.29, 1.82) is 0 Å². The van der Waals surface area contributed by atoms with Crippen molar-refractivity contribution in [2.75, 3.05) is 26.4 Å². The standard InChI is InChI=1S/C15H29NO4/c1-14(2,3)20-13(18)16-10-15(4,11-17)9-12-5-7-19-8-6-12/h12,17H,5-11H2,1-4H3,(H,16,18). The van der Waals surface area contributed by atoms with Gasteiger partial charge in [-0.2, -0.15) is 0 Å². The van der Waals surface area contributed by atoms with E-state index in [1.54, 1.807) is 0 Å². The molecule has 1 aliphatic heterocycles. The number of carbonyl (C=O) groups is 1. The van der Waals surface area contributed by atoms with Gasteiger partial charge in [-0.05, 0) is 46.0 Å². The van der Waals surface area contributed by atoms with Crippen LogP contribution in [-0.2, 0) is 9.47 Å². The van der Waals surface area contributed by atoms with Crippen molar-refractivity contribution < 1.29 is 19.4 Å². The van der Waals surface area contributed by atoms with Crippen molar-refractivity contribution in [3.8, 4) is 0 Å². The molecule has 1 rings (SSSR count). The lowest BCUT2D eigenvalue weighted by molar-refractivity contribution is 0.0289. The molecule has 1 amide bonds. The van der Waals surface area contributed by atoms with Crippen LogP contribution in [0.15, 0.2) is 0 Å². The first-order valence-electron chi connectivity index (χ1n) is 7.39. The number of hydrogen-bond acceptors (Lipinski definition) is 4. The summed E-state index contributed by atoms with van der Waals surface area (Å²) >= 11 is 0. The number of alkyl carbamates (subject to hydrolysis) is 1. The second-order valence-electron chi connectivity index (χ2n) is 7.08. The highest BCUT2D eigenvalue weighted by atomic mass is 16.6. The van der Waals surface area contributed by atoms with E-state index in [0.29, 0.717) is 12.5 Å². The molecular formula is C15H29NO4. The average molecular weight is 287 g/mol. The van der Waals surface area contributed by atoms with Gasteiger partial charge in [-0.3, -0.25) is 0 Å². The number of nitrogens with one attached hydrogen (secondary N) is 1. The molecule has 0 spiro atoms. The van der Waals surface area contributed by atoms with Crippen LogP contribution in [0.1, 0.15) is 47.0 Å². The molecule has 0 radical (unpaired) electrons. The quantitative estimate of drug-likeness (QED) is 0.814. The van der Waals surface area contributed by atoms with E-state index in [9.17, 15) is 9.90 Å². The molecular weight excluding hydrogens is 258 g/mol. The van der Waals surface area contributed by atoms with Gasteiger partial charge in [0.25, 0.3) is 0 Å². The zero-order valence-corrected chi connectivity index (χ0v) is 13.2. The van der Waals surface area contributed by atoms with E-state index in [1.807, 2.05) is 27.7 Å². The van der Waals surface area contributed by atoms with Gasteiger partial charge in [-0.25, -0.2) is 4.79 Å². The maximum Gasteiger partial charge on any atom is 0.407 e. The zero-order valence-electron chi connectivity index (χ0n) is 13.2. The van der Waals surface area contributed by atoms with Crippen LogP contribution in [0, 0.1) is 11.3 Å². The molecule has 5 heteroatoms. The molecule has 1 unspecified atom stereocenters. The third kappa shape index (κ3) is 6.57. The Labute approximate surface area is 122 Å². The van der Waals surface area contributed by atoms with Crippen LogP contribution in [0.25, 0.3) is 0 Å². The molecule has 20 heavy (non-hydrogen) atoms. The fourth-order valence-electron chi connectivity index (χ4n) is 2.44. The molecule has 0 aliphatic carbocycles. The third-order valence-corrected chi connectivity index (χ3v) is 3.56. The van der Waals surface area contributed by atoms with Crippen LogP contribution in [-0.4, -0.2) is 43.2 Å². The summed E-state index contributed by atoms with van der Waals surface area (Å²) in [7, 11) is 0. The first-order valence-corrected chi connectivity index (χ1v) is 7.39. The summed E-state index contributed by atoms with van der Waals surface area (Å²) in [5.74, 6) is 0.557. The molecule has 2 N–H and O–H groups in total. The number of ether oxygens (including phenoxy) is 2. The van der Waals surface area contributed by atoms with E-state index >= 15 is 0 Å². The lowest BCUT2D eigenvalue weighted by atomic mass is 9.79. The van der Waals surface area contributed by atoms with Gasteiger partial charge in [0.05, 0.1) is 6.61 Å². The third-order valence-electron chi connectivity index (χ3n) is 3.56. The van der Waals surface area contributed by atoms with Gasteiger partial charge in [-0.15, -0.1) is 0 Å². The van der Waals surface area contributed by atoms with Crippen molar-refractivity contribution >= 4 is 6.09 Å². The van der Waals surface area contributed by atoms with Gasteiger partial charge in [0.1, 0.15) is 5.60 Å². The Hall–Kier alpha value is -0.810. The molecule has 1 aliphatic rings. The molecule has 1 saturated heterocycles. The highest BCUT2D eigenvalue weighted by Crippen LogP contribution is 2.30. The number of rotatable bonds is 5. The second-order valence-corrected chi connectivity index (χ2v) is 7.08. The molecule has 1 atom stereocenters. The molecule has 0 aromatic heterocycles.